The van der Waals surface area contributed by atoms with Crippen molar-refractivity contribution in [1.29, 1.82) is 0 Å². The molecule has 7 nitrogen and oxygen atoms in total. The minimum Gasteiger partial charge on any atom is -0.478 e. The fourth-order valence-corrected chi connectivity index (χ4v) is 2.48. The minimum absolute atomic E-state index is 0.0402. The molecule has 1 aromatic rings. The Morgan fingerprint density at radius 2 is 2.00 bits per heavy atom. The molecule has 1 aliphatic carbocycles. The number of methoxy groups -OCH3 is 1. The monoisotopic (exact) mass is 408 g/mol. The number of carboxylic acids is 1. The molecular formula is C21H29FN2O5. The molecule has 0 saturated carbocycles. The van der Waals surface area contributed by atoms with E-state index in [0.717, 1.165) is 11.6 Å². The predicted octanol–water partition coefficient (Wildman–Crippen LogP) is 3.73. The number of pyridine rings is 1. The van der Waals surface area contributed by atoms with Gasteiger partial charge in [0.05, 0.1) is 36.8 Å². The lowest BCUT2D eigenvalue weighted by Crippen LogP contribution is -2.24. The molecule has 0 spiro atoms. The van der Waals surface area contributed by atoms with Crippen molar-refractivity contribution in [2.24, 2.45) is 0 Å². The molecule has 0 radical (unpaired) electrons. The van der Waals surface area contributed by atoms with Gasteiger partial charge in [0.1, 0.15) is 5.83 Å². The molecule has 2 N–H and O–H groups in total. The third-order valence-electron chi connectivity index (χ3n) is 3.91. The first-order valence-corrected chi connectivity index (χ1v) is 9.48. The zero-order valence-electron chi connectivity index (χ0n) is 17.3. The molecule has 1 aliphatic rings. The van der Waals surface area contributed by atoms with E-state index in [-0.39, 0.29) is 30.1 Å². The maximum atomic E-state index is 14.3. The summed E-state index contributed by atoms with van der Waals surface area (Å²) in [6.45, 7) is 7.02. The number of carboxylic acid groups (broad SMARTS) is 1. The van der Waals surface area contributed by atoms with Gasteiger partial charge in [-0.2, -0.15) is 0 Å². The highest BCUT2D eigenvalue weighted by Crippen LogP contribution is 2.23. The van der Waals surface area contributed by atoms with E-state index in [1.807, 2.05) is 19.9 Å². The summed E-state index contributed by atoms with van der Waals surface area (Å²) in [6.07, 6.45) is 6.52. The van der Waals surface area contributed by atoms with Crippen LogP contribution in [0.3, 0.4) is 0 Å². The van der Waals surface area contributed by atoms with Crippen LogP contribution in [0.1, 0.15) is 37.6 Å². The van der Waals surface area contributed by atoms with Crippen LogP contribution in [0.4, 0.5) is 10.1 Å². The topological polar surface area (TPSA) is 89.8 Å². The second-order valence-electron chi connectivity index (χ2n) is 5.96. The molecule has 0 saturated heterocycles. The molecular weight excluding hydrogens is 379 g/mol. The molecule has 0 unspecified atom stereocenters. The number of rotatable bonds is 9. The van der Waals surface area contributed by atoms with Gasteiger partial charge in [-0.25, -0.2) is 9.18 Å². The number of hydrogen-bond donors (Lipinski definition) is 2. The SMILES string of the molecule is CC.COCCOCCn1cc(C(=O)O)c(NC2=CCC=C(C)C=C2F)cc1=O. The standard InChI is InChI=1S/C19H23FN2O5.C2H6/c1-13-4-3-5-16(15(20)10-13)21-17-11-18(23)22(12-14(17)19(24)25)6-7-27-9-8-26-2;1-2/h4-5,10-12,21H,3,6-9H2,1-2H3,(H,24,25);1-2H3. The number of halogens is 1. The lowest BCUT2D eigenvalue weighted by Gasteiger charge is -2.14. The molecule has 0 atom stereocenters. The fraction of sp³-hybridized carbons (Fsp3) is 0.429. The molecule has 0 aromatic carbocycles. The quantitative estimate of drug-likeness (QED) is 0.605. The Bertz CT molecular complexity index is 840. The van der Waals surface area contributed by atoms with E-state index in [1.54, 1.807) is 20.1 Å². The number of hydrogen-bond acceptors (Lipinski definition) is 5. The van der Waals surface area contributed by atoms with E-state index < -0.39 is 17.4 Å². The first-order valence-electron chi connectivity index (χ1n) is 9.48. The summed E-state index contributed by atoms with van der Waals surface area (Å²) in [5.41, 5.74) is 0.395. The third-order valence-corrected chi connectivity index (χ3v) is 3.91. The van der Waals surface area contributed by atoms with Gasteiger partial charge in [-0.05, 0) is 19.4 Å². The number of aromatic carboxylic acids is 1. The van der Waals surface area contributed by atoms with Crippen LogP contribution in [0.25, 0.3) is 0 Å². The van der Waals surface area contributed by atoms with Crippen LogP contribution in [0.5, 0.6) is 0 Å². The number of anilines is 1. The summed E-state index contributed by atoms with van der Waals surface area (Å²) in [6, 6.07) is 1.15. The Balaban J connectivity index is 0.00000204. The fourth-order valence-electron chi connectivity index (χ4n) is 2.48. The molecule has 0 bridgehead atoms. The summed E-state index contributed by atoms with van der Waals surface area (Å²) in [7, 11) is 1.55. The number of ether oxygens (including phenoxy) is 2. The van der Waals surface area contributed by atoms with E-state index in [0.29, 0.717) is 19.6 Å². The van der Waals surface area contributed by atoms with E-state index >= 15 is 0 Å². The van der Waals surface area contributed by atoms with E-state index in [1.165, 1.54) is 16.8 Å². The average molecular weight is 408 g/mol. The smallest absolute Gasteiger partial charge is 0.339 e. The van der Waals surface area contributed by atoms with Crippen LogP contribution >= 0.6 is 0 Å². The molecule has 29 heavy (non-hydrogen) atoms. The Labute approximate surface area is 170 Å². The predicted molar refractivity (Wildman–Crippen MR) is 111 cm³/mol. The van der Waals surface area contributed by atoms with Gasteiger partial charge in [0, 0.05) is 25.9 Å². The van der Waals surface area contributed by atoms with Crippen LogP contribution in [0.15, 0.2) is 52.4 Å². The minimum atomic E-state index is -1.22. The van der Waals surface area contributed by atoms with Crippen LogP contribution in [0.2, 0.25) is 0 Å². The van der Waals surface area contributed by atoms with Crippen molar-refractivity contribution < 1.29 is 23.8 Å². The van der Waals surface area contributed by atoms with Crippen LogP contribution < -0.4 is 10.9 Å². The lowest BCUT2D eigenvalue weighted by molar-refractivity contribution is 0.0657. The summed E-state index contributed by atoms with van der Waals surface area (Å²) in [4.78, 5) is 23.9. The highest BCUT2D eigenvalue weighted by atomic mass is 19.1. The summed E-state index contributed by atoms with van der Waals surface area (Å²) in [5.74, 6) is -1.74. The maximum absolute atomic E-state index is 14.3. The largest absolute Gasteiger partial charge is 0.478 e. The number of nitrogens with one attached hydrogen (secondary N) is 1. The molecule has 8 heteroatoms. The molecule has 160 valence electrons. The van der Waals surface area contributed by atoms with Crippen molar-refractivity contribution >= 4 is 11.7 Å². The average Bonchev–Trinajstić information content (AvgIpc) is 2.84. The summed E-state index contributed by atoms with van der Waals surface area (Å²) >= 11 is 0. The number of nitrogens with zero attached hydrogens (tertiary/aromatic N) is 1. The highest BCUT2D eigenvalue weighted by molar-refractivity contribution is 5.94. The van der Waals surface area contributed by atoms with Crippen LogP contribution in [0, 0.1) is 0 Å². The second kappa shape index (κ2) is 12.7. The maximum Gasteiger partial charge on any atom is 0.339 e. The molecule has 0 fully saturated rings. The van der Waals surface area contributed by atoms with E-state index in [4.69, 9.17) is 9.47 Å². The van der Waals surface area contributed by atoms with Crippen molar-refractivity contribution in [3.63, 3.8) is 0 Å². The Morgan fingerprint density at radius 3 is 2.66 bits per heavy atom. The highest BCUT2D eigenvalue weighted by Gasteiger charge is 2.16. The number of aromatic nitrogens is 1. The Hall–Kier alpha value is -2.71. The van der Waals surface area contributed by atoms with Crippen LogP contribution in [-0.2, 0) is 16.0 Å². The van der Waals surface area contributed by atoms with E-state index in [9.17, 15) is 19.1 Å². The van der Waals surface area contributed by atoms with Crippen molar-refractivity contribution in [2.45, 2.75) is 33.7 Å². The molecule has 0 aliphatic heterocycles. The molecule has 0 amide bonds. The van der Waals surface area contributed by atoms with Gasteiger partial charge in [-0.3, -0.25) is 4.79 Å². The van der Waals surface area contributed by atoms with Gasteiger partial charge in [0.15, 0.2) is 0 Å². The van der Waals surface area contributed by atoms with Gasteiger partial charge in [0.2, 0.25) is 0 Å². The van der Waals surface area contributed by atoms with Crippen LogP contribution in [-0.4, -0.2) is 42.6 Å². The van der Waals surface area contributed by atoms with E-state index in [2.05, 4.69) is 5.32 Å². The normalized spacial score (nSPS) is 13.3. The van der Waals surface area contributed by atoms with Gasteiger partial charge < -0.3 is 24.5 Å². The molecule has 1 aromatic heterocycles. The number of allylic oxidation sites excluding steroid dienone is 5. The van der Waals surface area contributed by atoms with Crippen molar-refractivity contribution in [3.8, 4) is 0 Å². The van der Waals surface area contributed by atoms with Crippen molar-refractivity contribution in [3.05, 3.63) is 63.5 Å². The first-order chi connectivity index (χ1) is 13.9. The Morgan fingerprint density at radius 1 is 1.28 bits per heavy atom. The van der Waals surface area contributed by atoms with Crippen molar-refractivity contribution in [2.75, 3.05) is 32.2 Å². The lowest BCUT2D eigenvalue weighted by atomic mass is 10.2. The zero-order chi connectivity index (χ0) is 21.8. The van der Waals surface area contributed by atoms with Crippen molar-refractivity contribution in [1.82, 2.24) is 4.57 Å². The Kier molecular flexibility index (Phi) is 10.6. The van der Waals surface area contributed by atoms with Gasteiger partial charge in [-0.1, -0.05) is 31.6 Å². The van der Waals surface area contributed by atoms with Gasteiger partial charge in [-0.15, -0.1) is 0 Å². The summed E-state index contributed by atoms with van der Waals surface area (Å²) in [5, 5.41) is 12.2. The molecule has 1 heterocycles. The third kappa shape index (κ3) is 7.67. The summed E-state index contributed by atoms with van der Waals surface area (Å²) < 4.78 is 25.7. The molecule has 2 rings (SSSR count). The second-order valence-corrected chi connectivity index (χ2v) is 5.96. The zero-order valence-corrected chi connectivity index (χ0v) is 17.3. The van der Waals surface area contributed by atoms with Gasteiger partial charge in [0.25, 0.3) is 5.56 Å². The van der Waals surface area contributed by atoms with Gasteiger partial charge >= 0.3 is 5.97 Å². The first kappa shape index (κ1) is 24.3. The number of carbonyl (C=O) groups is 1.